The molecule has 1 N–H and O–H groups in total. The third kappa shape index (κ3) is 5.46. The molecular weight excluding hydrogens is 418 g/mol. The number of nitrogens with zero attached hydrogens (tertiary/aromatic N) is 3. The number of alkyl halides is 2. The molecule has 3 aromatic rings. The average molecular weight is 446 g/mol. The molecule has 7 nitrogen and oxygen atoms in total. The van der Waals surface area contributed by atoms with E-state index in [4.69, 9.17) is 4.74 Å². The van der Waals surface area contributed by atoms with Gasteiger partial charge in [-0.15, -0.1) is 0 Å². The number of benzene rings is 1. The van der Waals surface area contributed by atoms with Gasteiger partial charge in [-0.25, -0.2) is 0 Å². The fraction of sp³-hybridized carbons (Fsp3) is 0.435. The lowest BCUT2D eigenvalue weighted by molar-refractivity contribution is -0.0498. The highest BCUT2D eigenvalue weighted by Crippen LogP contribution is 2.31. The maximum Gasteiger partial charge on any atom is 0.387 e. The van der Waals surface area contributed by atoms with Crippen LogP contribution in [0.3, 0.4) is 0 Å². The number of hydrogen-bond donors (Lipinski definition) is 1. The van der Waals surface area contributed by atoms with E-state index in [0.717, 1.165) is 25.9 Å². The number of fused-ring (bicyclic) bond motifs is 1. The molecule has 0 spiro atoms. The molecule has 0 bridgehead atoms. The van der Waals surface area contributed by atoms with E-state index in [1.54, 1.807) is 22.9 Å². The Morgan fingerprint density at radius 2 is 2.09 bits per heavy atom. The lowest BCUT2D eigenvalue weighted by atomic mass is 10.0. The van der Waals surface area contributed by atoms with Crippen LogP contribution >= 0.6 is 0 Å². The minimum atomic E-state index is -2.89. The van der Waals surface area contributed by atoms with Crippen molar-refractivity contribution < 1.29 is 23.0 Å². The third-order valence-corrected chi connectivity index (χ3v) is 5.35. The molecule has 0 saturated carbocycles. The molecule has 0 amide bonds. The zero-order chi connectivity index (χ0) is 23.3. The second-order valence-electron chi connectivity index (χ2n) is 8.16. The van der Waals surface area contributed by atoms with Gasteiger partial charge < -0.3 is 14.8 Å². The van der Waals surface area contributed by atoms with E-state index < -0.39 is 6.61 Å². The van der Waals surface area contributed by atoms with Crippen molar-refractivity contribution in [2.24, 2.45) is 0 Å². The van der Waals surface area contributed by atoms with Crippen LogP contribution in [0.25, 0.3) is 22.3 Å². The summed E-state index contributed by atoms with van der Waals surface area (Å²) in [5.74, 6) is 0.0549. The Morgan fingerprint density at radius 3 is 2.66 bits per heavy atom. The van der Waals surface area contributed by atoms with Gasteiger partial charge in [0.2, 0.25) is 0 Å². The van der Waals surface area contributed by atoms with Crippen LogP contribution in [0.4, 0.5) is 8.78 Å². The molecule has 4 rings (SSSR count). The summed E-state index contributed by atoms with van der Waals surface area (Å²) in [7, 11) is 1.98. The second-order valence-corrected chi connectivity index (χ2v) is 8.16. The molecule has 0 radical (unpaired) electrons. The summed E-state index contributed by atoms with van der Waals surface area (Å²) < 4.78 is 36.2. The van der Waals surface area contributed by atoms with Crippen LogP contribution in [0.2, 0.25) is 0 Å². The summed E-state index contributed by atoms with van der Waals surface area (Å²) >= 11 is 0. The number of carbonyl (C=O) groups excluding carboxylic acids is 1. The molecule has 172 valence electrons. The molecule has 0 aliphatic carbocycles. The molecule has 1 aromatic carbocycles. The largest absolute Gasteiger partial charge is 0.435 e. The molecule has 1 aliphatic heterocycles. The van der Waals surface area contributed by atoms with Gasteiger partial charge in [0.25, 0.3) is 0 Å². The molecule has 2 aromatic heterocycles. The molecule has 0 unspecified atom stereocenters. The fourth-order valence-corrected chi connectivity index (χ4v) is 3.37. The monoisotopic (exact) mass is 446 g/mol. The van der Waals surface area contributed by atoms with Crippen LogP contribution in [0.1, 0.15) is 43.6 Å². The van der Waals surface area contributed by atoms with Gasteiger partial charge in [-0.05, 0) is 52.4 Å². The van der Waals surface area contributed by atoms with E-state index in [2.05, 4.69) is 27.1 Å². The summed E-state index contributed by atoms with van der Waals surface area (Å²) in [4.78, 5) is 15.3. The van der Waals surface area contributed by atoms with Crippen molar-refractivity contribution in [3.63, 3.8) is 0 Å². The Morgan fingerprint density at radius 1 is 1.31 bits per heavy atom. The molecule has 1 fully saturated rings. The molecule has 9 heteroatoms. The normalized spacial score (nSPS) is 18.1. The Labute approximate surface area is 185 Å². The van der Waals surface area contributed by atoms with Gasteiger partial charge in [0.05, 0.1) is 12.1 Å². The molecular formula is C23H28F2N4O3. The van der Waals surface area contributed by atoms with Crippen LogP contribution in [-0.4, -0.2) is 53.5 Å². The van der Waals surface area contributed by atoms with Crippen molar-refractivity contribution in [3.05, 3.63) is 42.1 Å². The lowest BCUT2D eigenvalue weighted by Crippen LogP contribution is -2.39. The van der Waals surface area contributed by atoms with Crippen LogP contribution in [-0.2, 0) is 4.74 Å². The van der Waals surface area contributed by atoms with Gasteiger partial charge in [0, 0.05) is 35.5 Å². The Balaban J connectivity index is 0.000000305. The molecule has 1 atom stereocenters. The number of likely N-dealkylation sites (N-methyl/N-ethyl adjacent to an activating group) is 1. The van der Waals surface area contributed by atoms with Gasteiger partial charge in [0.1, 0.15) is 17.0 Å². The number of pyridine rings is 1. The van der Waals surface area contributed by atoms with Crippen molar-refractivity contribution >= 4 is 17.3 Å². The van der Waals surface area contributed by atoms with Gasteiger partial charge in [-0.1, -0.05) is 12.1 Å². The van der Waals surface area contributed by atoms with Crippen molar-refractivity contribution in [2.75, 3.05) is 20.3 Å². The molecule has 1 aliphatic rings. The Bertz CT molecular complexity index is 1060. The number of ether oxygens (including phenoxy) is 2. The SMILES string of the molecule is CC(C)n1nc(-c2cccc(OC(F)F)c2)c2ncc(C=O)cc21.CN[C@]1(C)CCOC1. The maximum absolute atomic E-state index is 12.4. The van der Waals surface area contributed by atoms with Crippen molar-refractivity contribution in [1.82, 2.24) is 20.1 Å². The Hall–Kier alpha value is -2.91. The van der Waals surface area contributed by atoms with Gasteiger partial charge in [-0.2, -0.15) is 13.9 Å². The van der Waals surface area contributed by atoms with Crippen LogP contribution in [0, 0.1) is 0 Å². The van der Waals surface area contributed by atoms with Crippen molar-refractivity contribution in [2.45, 2.75) is 45.4 Å². The number of hydrogen-bond acceptors (Lipinski definition) is 6. The number of rotatable bonds is 6. The van der Waals surface area contributed by atoms with E-state index in [1.165, 1.54) is 18.3 Å². The van der Waals surface area contributed by atoms with Crippen molar-refractivity contribution in [1.29, 1.82) is 0 Å². The summed E-state index contributed by atoms with van der Waals surface area (Å²) in [6, 6.07) is 8.08. The minimum Gasteiger partial charge on any atom is -0.435 e. The average Bonchev–Trinajstić information content (AvgIpc) is 3.38. The number of carbonyl (C=O) groups is 1. The predicted octanol–water partition coefficient (Wildman–Crippen LogP) is 4.48. The molecule has 3 heterocycles. The van der Waals surface area contributed by atoms with E-state index in [1.807, 2.05) is 20.9 Å². The maximum atomic E-state index is 12.4. The highest BCUT2D eigenvalue weighted by atomic mass is 19.3. The van der Waals surface area contributed by atoms with Crippen LogP contribution in [0.5, 0.6) is 5.75 Å². The van der Waals surface area contributed by atoms with E-state index >= 15 is 0 Å². The Kier molecular flexibility index (Phi) is 7.52. The standard InChI is InChI=1S/C17H15F2N3O2.C6H13NO/c1-10(2)22-14-6-11(9-23)8-20-16(14)15(21-22)12-4-3-5-13(7-12)24-17(18)19;1-6(7-2)3-4-8-5-6/h3-10,17H,1-2H3;7H,3-5H2,1-2H3/t;6-/m.1/s1. The summed E-state index contributed by atoms with van der Waals surface area (Å²) in [5.41, 5.74) is 3.19. The first-order valence-electron chi connectivity index (χ1n) is 10.4. The summed E-state index contributed by atoms with van der Waals surface area (Å²) in [6.07, 6.45) is 3.33. The highest BCUT2D eigenvalue weighted by Gasteiger charge is 2.26. The molecule has 32 heavy (non-hydrogen) atoms. The zero-order valence-corrected chi connectivity index (χ0v) is 18.6. The summed E-state index contributed by atoms with van der Waals surface area (Å²) in [6.45, 7) is 4.99. The fourth-order valence-electron chi connectivity index (χ4n) is 3.37. The third-order valence-electron chi connectivity index (χ3n) is 5.35. The topological polar surface area (TPSA) is 78.3 Å². The van der Waals surface area contributed by atoms with Gasteiger partial charge in [0.15, 0.2) is 6.29 Å². The number of aromatic nitrogens is 3. The van der Waals surface area contributed by atoms with E-state index in [0.29, 0.717) is 27.9 Å². The lowest BCUT2D eigenvalue weighted by Gasteiger charge is -2.19. The van der Waals surface area contributed by atoms with E-state index in [9.17, 15) is 13.6 Å². The minimum absolute atomic E-state index is 0.0467. The summed E-state index contributed by atoms with van der Waals surface area (Å²) in [5, 5.41) is 7.77. The first kappa shape index (κ1) is 23.7. The predicted molar refractivity (Wildman–Crippen MR) is 118 cm³/mol. The highest BCUT2D eigenvalue weighted by molar-refractivity contribution is 5.93. The number of aldehydes is 1. The number of halogens is 2. The first-order valence-corrected chi connectivity index (χ1v) is 10.4. The smallest absolute Gasteiger partial charge is 0.387 e. The zero-order valence-electron chi connectivity index (χ0n) is 18.6. The second kappa shape index (κ2) is 10.1. The quantitative estimate of drug-likeness (QED) is 0.563. The number of nitrogens with one attached hydrogen (secondary N) is 1. The van der Waals surface area contributed by atoms with Gasteiger partial charge >= 0.3 is 6.61 Å². The molecule has 1 saturated heterocycles. The first-order chi connectivity index (χ1) is 15.3. The van der Waals surface area contributed by atoms with Crippen LogP contribution < -0.4 is 10.1 Å². The van der Waals surface area contributed by atoms with E-state index in [-0.39, 0.29) is 17.3 Å². The van der Waals surface area contributed by atoms with Gasteiger partial charge in [-0.3, -0.25) is 14.5 Å². The van der Waals surface area contributed by atoms with Crippen LogP contribution in [0.15, 0.2) is 36.5 Å². The van der Waals surface area contributed by atoms with Crippen molar-refractivity contribution in [3.8, 4) is 17.0 Å².